The van der Waals surface area contributed by atoms with Crippen LogP contribution >= 0.6 is 24.0 Å². The fraction of sp³-hybridized carbons (Fsp3) is 0.875. The van der Waals surface area contributed by atoms with Gasteiger partial charge in [0.2, 0.25) is 5.91 Å². The van der Waals surface area contributed by atoms with Gasteiger partial charge in [-0.05, 0) is 19.3 Å². The minimum atomic E-state index is -4.18. The van der Waals surface area contributed by atoms with Crippen molar-refractivity contribution in [3.63, 3.8) is 0 Å². The average Bonchev–Trinajstić information content (AvgIpc) is 3.01. The van der Waals surface area contributed by atoms with Crippen LogP contribution in [0.15, 0.2) is 4.99 Å². The van der Waals surface area contributed by atoms with Crippen LogP contribution in [-0.4, -0.2) is 55.7 Å². The molecule has 1 unspecified atom stereocenters. The van der Waals surface area contributed by atoms with Crippen molar-refractivity contribution in [2.24, 2.45) is 10.9 Å². The van der Waals surface area contributed by atoms with Gasteiger partial charge in [-0.15, -0.1) is 24.0 Å². The van der Waals surface area contributed by atoms with Crippen LogP contribution in [0.1, 0.15) is 44.9 Å². The van der Waals surface area contributed by atoms with Crippen LogP contribution in [0.4, 0.5) is 13.2 Å². The van der Waals surface area contributed by atoms with Crippen molar-refractivity contribution < 1.29 is 18.0 Å². The molecule has 2 aliphatic rings. The maximum atomic E-state index is 12.5. The highest BCUT2D eigenvalue weighted by molar-refractivity contribution is 14.0. The summed E-state index contributed by atoms with van der Waals surface area (Å²) in [5.41, 5.74) is 0. The van der Waals surface area contributed by atoms with E-state index in [2.05, 4.69) is 15.6 Å². The maximum Gasteiger partial charge on any atom is 0.390 e. The van der Waals surface area contributed by atoms with Gasteiger partial charge in [-0.1, -0.05) is 19.3 Å². The molecule has 9 heteroatoms. The van der Waals surface area contributed by atoms with Crippen molar-refractivity contribution in [3.05, 3.63) is 0 Å². The molecule has 146 valence electrons. The summed E-state index contributed by atoms with van der Waals surface area (Å²) in [5.74, 6) is 0.747. The Labute approximate surface area is 164 Å². The van der Waals surface area contributed by atoms with Crippen molar-refractivity contribution >= 4 is 35.8 Å². The van der Waals surface area contributed by atoms with Gasteiger partial charge in [0.05, 0.1) is 6.42 Å². The van der Waals surface area contributed by atoms with E-state index < -0.39 is 12.6 Å². The highest BCUT2D eigenvalue weighted by Crippen LogP contribution is 2.26. The summed E-state index contributed by atoms with van der Waals surface area (Å²) in [5, 5.41) is 5.79. The lowest BCUT2D eigenvalue weighted by Crippen LogP contribution is -2.46. The van der Waals surface area contributed by atoms with Crippen molar-refractivity contribution in [1.82, 2.24) is 15.5 Å². The fourth-order valence-corrected chi connectivity index (χ4v) is 3.40. The van der Waals surface area contributed by atoms with Gasteiger partial charge < -0.3 is 15.5 Å². The molecule has 1 aliphatic heterocycles. The van der Waals surface area contributed by atoms with E-state index in [4.69, 9.17) is 0 Å². The SMILES string of the molecule is CN=C(NCCC(F)(F)F)NC1CCN(C(=O)C2CCCCC2)C1.I. The summed E-state index contributed by atoms with van der Waals surface area (Å²) >= 11 is 0. The zero-order valence-electron chi connectivity index (χ0n) is 14.6. The molecular weight excluding hydrogens is 448 g/mol. The van der Waals surface area contributed by atoms with Crippen LogP contribution in [0, 0.1) is 5.92 Å². The van der Waals surface area contributed by atoms with Crippen LogP contribution in [0.25, 0.3) is 0 Å². The van der Waals surface area contributed by atoms with Gasteiger partial charge in [0.25, 0.3) is 0 Å². The number of rotatable bonds is 4. The van der Waals surface area contributed by atoms with Gasteiger partial charge in [-0.25, -0.2) is 0 Å². The predicted octanol–water partition coefficient (Wildman–Crippen LogP) is 2.90. The number of alkyl halides is 3. The minimum absolute atomic E-state index is 0. The molecule has 0 aromatic carbocycles. The van der Waals surface area contributed by atoms with E-state index in [9.17, 15) is 18.0 Å². The summed E-state index contributed by atoms with van der Waals surface area (Å²) in [7, 11) is 1.53. The molecule has 2 N–H and O–H groups in total. The Balaban J connectivity index is 0.00000312. The number of hydrogen-bond donors (Lipinski definition) is 2. The molecule has 0 aromatic rings. The van der Waals surface area contributed by atoms with Gasteiger partial charge in [0, 0.05) is 38.6 Å². The van der Waals surface area contributed by atoms with Crippen molar-refractivity contribution in [2.45, 2.75) is 57.2 Å². The van der Waals surface area contributed by atoms with E-state index >= 15 is 0 Å². The zero-order chi connectivity index (χ0) is 17.6. The standard InChI is InChI=1S/C16H27F3N4O.HI/c1-20-15(21-9-8-16(17,18)19)22-13-7-10-23(11-13)14(24)12-5-3-2-4-6-12;/h12-13H,2-11H2,1H3,(H2,20,21,22);1H. The molecule has 0 aromatic heterocycles. The molecule has 1 saturated heterocycles. The number of carbonyl (C=O) groups excluding carboxylic acids is 1. The van der Waals surface area contributed by atoms with E-state index in [-0.39, 0.29) is 48.4 Å². The lowest BCUT2D eigenvalue weighted by Gasteiger charge is -2.26. The molecule has 25 heavy (non-hydrogen) atoms. The average molecular weight is 476 g/mol. The van der Waals surface area contributed by atoms with Crippen LogP contribution in [0.5, 0.6) is 0 Å². The Kier molecular flexibility index (Phi) is 9.29. The van der Waals surface area contributed by atoms with Gasteiger partial charge in [-0.3, -0.25) is 9.79 Å². The van der Waals surface area contributed by atoms with Crippen LogP contribution in [0.3, 0.4) is 0 Å². The first-order valence-electron chi connectivity index (χ1n) is 8.72. The van der Waals surface area contributed by atoms with E-state index in [0.29, 0.717) is 19.0 Å². The fourth-order valence-electron chi connectivity index (χ4n) is 3.40. The smallest absolute Gasteiger partial charge is 0.356 e. The first kappa shape index (κ1) is 22.3. The lowest BCUT2D eigenvalue weighted by atomic mass is 9.88. The maximum absolute atomic E-state index is 12.5. The molecule has 0 bridgehead atoms. The Morgan fingerprint density at radius 3 is 2.48 bits per heavy atom. The topological polar surface area (TPSA) is 56.7 Å². The molecular formula is C16H28F3IN4O. The highest BCUT2D eigenvalue weighted by Gasteiger charge is 2.32. The number of nitrogens with zero attached hydrogens (tertiary/aromatic N) is 2. The Morgan fingerprint density at radius 2 is 1.88 bits per heavy atom. The Morgan fingerprint density at radius 1 is 1.20 bits per heavy atom. The first-order chi connectivity index (χ1) is 11.4. The van der Waals surface area contributed by atoms with Crippen molar-refractivity contribution in [2.75, 3.05) is 26.7 Å². The third kappa shape index (κ3) is 7.57. The first-order valence-corrected chi connectivity index (χ1v) is 8.72. The van der Waals surface area contributed by atoms with Crippen molar-refractivity contribution in [3.8, 4) is 0 Å². The number of halogens is 4. The number of aliphatic imine (C=N–C) groups is 1. The second-order valence-electron chi connectivity index (χ2n) is 6.61. The molecule has 1 heterocycles. The summed E-state index contributed by atoms with van der Waals surface area (Å²) in [6, 6.07) is 0.0367. The second kappa shape index (κ2) is 10.4. The number of amides is 1. The van der Waals surface area contributed by atoms with Gasteiger partial charge in [0.1, 0.15) is 0 Å². The quantitative estimate of drug-likeness (QED) is 0.373. The number of carbonyl (C=O) groups is 1. The zero-order valence-corrected chi connectivity index (χ0v) is 16.9. The van der Waals surface area contributed by atoms with E-state index in [1.165, 1.54) is 13.5 Å². The van der Waals surface area contributed by atoms with Crippen LogP contribution in [0.2, 0.25) is 0 Å². The highest BCUT2D eigenvalue weighted by atomic mass is 127. The monoisotopic (exact) mass is 476 g/mol. The summed E-state index contributed by atoms with van der Waals surface area (Å²) in [6.07, 6.45) is 1.14. The summed E-state index contributed by atoms with van der Waals surface area (Å²) < 4.78 is 36.6. The molecule has 0 spiro atoms. The third-order valence-electron chi connectivity index (χ3n) is 4.72. The third-order valence-corrected chi connectivity index (χ3v) is 4.72. The number of likely N-dealkylation sites (tertiary alicyclic amines) is 1. The molecule has 1 aliphatic carbocycles. The van der Waals surface area contributed by atoms with Gasteiger partial charge in [0.15, 0.2) is 5.96 Å². The largest absolute Gasteiger partial charge is 0.390 e. The molecule has 2 fully saturated rings. The van der Waals surface area contributed by atoms with Gasteiger partial charge >= 0.3 is 6.18 Å². The summed E-state index contributed by atoms with van der Waals surface area (Å²) in [4.78, 5) is 18.4. The lowest BCUT2D eigenvalue weighted by molar-refractivity contribution is -0.135. The van der Waals surface area contributed by atoms with Gasteiger partial charge in [-0.2, -0.15) is 13.2 Å². The Bertz CT molecular complexity index is 453. The molecule has 0 radical (unpaired) electrons. The van der Waals surface area contributed by atoms with E-state index in [0.717, 1.165) is 32.1 Å². The van der Waals surface area contributed by atoms with Crippen LogP contribution < -0.4 is 10.6 Å². The van der Waals surface area contributed by atoms with Crippen LogP contribution in [-0.2, 0) is 4.79 Å². The number of guanidine groups is 1. The molecule has 5 nitrogen and oxygen atoms in total. The summed E-state index contributed by atoms with van der Waals surface area (Å²) in [6.45, 7) is 1.09. The van der Waals surface area contributed by atoms with Crippen molar-refractivity contribution in [1.29, 1.82) is 0 Å². The molecule has 1 atom stereocenters. The van der Waals surface area contributed by atoms with E-state index in [1.807, 2.05) is 4.90 Å². The second-order valence-corrected chi connectivity index (χ2v) is 6.61. The predicted molar refractivity (Wildman–Crippen MR) is 102 cm³/mol. The number of nitrogens with one attached hydrogen (secondary N) is 2. The minimum Gasteiger partial charge on any atom is -0.356 e. The molecule has 1 saturated carbocycles. The number of hydrogen-bond acceptors (Lipinski definition) is 2. The molecule has 2 rings (SSSR count). The normalized spacial score (nSPS) is 22.5. The van der Waals surface area contributed by atoms with E-state index in [1.54, 1.807) is 0 Å². The Hall–Kier alpha value is -0.740. The molecule has 1 amide bonds.